The van der Waals surface area contributed by atoms with E-state index < -0.39 is 0 Å². The first kappa shape index (κ1) is 22.4. The fraction of sp³-hybridized carbons (Fsp3) is 0.545. The molecule has 2 aromatic heterocycles. The molecule has 2 N–H and O–H groups in total. The van der Waals surface area contributed by atoms with Crippen LogP contribution in [0.1, 0.15) is 50.0 Å². The van der Waals surface area contributed by atoms with Crippen molar-refractivity contribution in [2.45, 2.75) is 45.6 Å². The summed E-state index contributed by atoms with van der Waals surface area (Å²) in [6.45, 7) is 7.69. The van der Waals surface area contributed by atoms with Crippen LogP contribution in [0.25, 0.3) is 11.4 Å². The number of guanidine groups is 1. The number of nitrogens with one attached hydrogen (secondary N) is 2. The quantitative estimate of drug-likeness (QED) is 0.703. The lowest BCUT2D eigenvalue weighted by Gasteiger charge is -2.20. The molecule has 0 aliphatic carbocycles. The zero-order chi connectivity index (χ0) is 21.3. The molecule has 0 bridgehead atoms. The Hall–Kier alpha value is -2.32. The van der Waals surface area contributed by atoms with Gasteiger partial charge in [0.2, 0.25) is 0 Å². The Kier molecular flexibility index (Phi) is 8.33. The molecule has 0 spiro atoms. The lowest BCUT2D eigenvalue weighted by atomic mass is 10.0. The molecule has 7 nitrogen and oxygen atoms in total. The predicted molar refractivity (Wildman–Crippen MR) is 124 cm³/mol. The van der Waals surface area contributed by atoms with Crippen molar-refractivity contribution in [3.63, 3.8) is 0 Å². The number of likely N-dealkylation sites (tertiary alicyclic amines) is 1. The standard InChI is InChI=1S/C13H13N5OS.C9H19N/c19-7-9-3-1-4-10(16-9)11-8-20-13(17-11)18-12-14-5-2-6-15-12;1-8(2)7-9-5-4-6-10(9)3/h1,3-4,7-8H,2,5-6H2,(H2,14,15,17,18);8-9H,4-7H2,1-3H3. The molecule has 2 aromatic rings. The molecule has 30 heavy (non-hydrogen) atoms. The summed E-state index contributed by atoms with van der Waals surface area (Å²) in [5.74, 6) is 1.62. The number of carbonyl (C=O) groups is 1. The van der Waals surface area contributed by atoms with Crippen molar-refractivity contribution in [3.8, 4) is 11.4 Å². The van der Waals surface area contributed by atoms with Crippen LogP contribution in [0.2, 0.25) is 0 Å². The SMILES string of the molecule is CC(C)CC1CCCN1C.O=Cc1cccc(-c2csc(NC3=NCCCN3)n2)n1. The van der Waals surface area contributed by atoms with Crippen LogP contribution in [0.15, 0.2) is 28.6 Å². The first-order valence-electron chi connectivity index (χ1n) is 10.7. The van der Waals surface area contributed by atoms with Gasteiger partial charge in [-0.1, -0.05) is 19.9 Å². The maximum Gasteiger partial charge on any atom is 0.197 e. The molecule has 8 heteroatoms. The number of nitrogens with zero attached hydrogens (tertiary/aromatic N) is 4. The number of aldehydes is 1. The van der Waals surface area contributed by atoms with E-state index in [-0.39, 0.29) is 0 Å². The Morgan fingerprint density at radius 1 is 1.30 bits per heavy atom. The van der Waals surface area contributed by atoms with Crippen LogP contribution < -0.4 is 10.6 Å². The Bertz CT molecular complexity index is 850. The molecule has 0 radical (unpaired) electrons. The van der Waals surface area contributed by atoms with Crippen molar-refractivity contribution in [1.82, 2.24) is 20.2 Å². The third-order valence-corrected chi connectivity index (χ3v) is 5.95. The molecule has 4 heterocycles. The van der Waals surface area contributed by atoms with Gasteiger partial charge >= 0.3 is 0 Å². The van der Waals surface area contributed by atoms with Gasteiger partial charge in [-0.05, 0) is 57.3 Å². The lowest BCUT2D eigenvalue weighted by Crippen LogP contribution is -2.35. The minimum absolute atomic E-state index is 0.406. The summed E-state index contributed by atoms with van der Waals surface area (Å²) >= 11 is 1.48. The number of anilines is 1. The number of hydrogen-bond acceptors (Lipinski definition) is 8. The van der Waals surface area contributed by atoms with Crippen molar-refractivity contribution < 1.29 is 4.79 Å². The lowest BCUT2D eigenvalue weighted by molar-refractivity contribution is 0.111. The van der Waals surface area contributed by atoms with Crippen LogP contribution in [0.5, 0.6) is 0 Å². The molecule has 1 unspecified atom stereocenters. The number of aromatic nitrogens is 2. The second-order valence-electron chi connectivity index (χ2n) is 8.15. The predicted octanol–water partition coefficient (Wildman–Crippen LogP) is 3.91. The second-order valence-corrected chi connectivity index (χ2v) is 9.00. The van der Waals surface area contributed by atoms with Crippen LogP contribution >= 0.6 is 11.3 Å². The van der Waals surface area contributed by atoms with Gasteiger partial charge in [0.25, 0.3) is 0 Å². The average molecular weight is 429 g/mol. The highest BCUT2D eigenvalue weighted by Gasteiger charge is 2.20. The first-order chi connectivity index (χ1) is 14.5. The number of rotatable bonds is 5. The van der Waals surface area contributed by atoms with Crippen molar-refractivity contribution in [1.29, 1.82) is 0 Å². The van der Waals surface area contributed by atoms with Gasteiger partial charge < -0.3 is 15.5 Å². The van der Waals surface area contributed by atoms with Crippen molar-refractivity contribution in [3.05, 3.63) is 29.3 Å². The van der Waals surface area contributed by atoms with Crippen molar-refractivity contribution in [2.24, 2.45) is 10.9 Å². The zero-order valence-electron chi connectivity index (χ0n) is 18.1. The molecule has 162 valence electrons. The van der Waals surface area contributed by atoms with E-state index in [9.17, 15) is 4.79 Å². The summed E-state index contributed by atoms with van der Waals surface area (Å²) in [4.78, 5) is 26.3. The molecule has 4 rings (SSSR count). The van der Waals surface area contributed by atoms with Crippen LogP contribution in [0.3, 0.4) is 0 Å². The highest BCUT2D eigenvalue weighted by atomic mass is 32.1. The maximum absolute atomic E-state index is 10.7. The fourth-order valence-electron chi connectivity index (χ4n) is 3.65. The third kappa shape index (κ3) is 6.60. The van der Waals surface area contributed by atoms with Crippen LogP contribution in [-0.4, -0.2) is 59.8 Å². The van der Waals surface area contributed by atoms with Gasteiger partial charge in [-0.25, -0.2) is 9.97 Å². The molecule has 0 aromatic carbocycles. The van der Waals surface area contributed by atoms with E-state index in [1.54, 1.807) is 12.1 Å². The largest absolute Gasteiger partial charge is 0.356 e. The smallest absolute Gasteiger partial charge is 0.197 e. The number of hydrogen-bond donors (Lipinski definition) is 2. The molecule has 2 aliphatic rings. The van der Waals surface area contributed by atoms with Crippen LogP contribution in [-0.2, 0) is 0 Å². The van der Waals surface area contributed by atoms with E-state index in [1.807, 2.05) is 11.4 Å². The summed E-state index contributed by atoms with van der Waals surface area (Å²) in [5, 5.41) is 8.99. The summed E-state index contributed by atoms with van der Waals surface area (Å²) in [6, 6.07) is 6.19. The van der Waals surface area contributed by atoms with Gasteiger partial charge in [-0.15, -0.1) is 11.3 Å². The minimum atomic E-state index is 0.406. The van der Waals surface area contributed by atoms with E-state index in [4.69, 9.17) is 0 Å². The van der Waals surface area contributed by atoms with Gasteiger partial charge in [0.05, 0.1) is 5.69 Å². The van der Waals surface area contributed by atoms with E-state index in [0.29, 0.717) is 11.4 Å². The minimum Gasteiger partial charge on any atom is -0.356 e. The third-order valence-electron chi connectivity index (χ3n) is 5.20. The Labute approximate surface area is 183 Å². The van der Waals surface area contributed by atoms with Crippen LogP contribution in [0.4, 0.5) is 5.13 Å². The molecule has 0 saturated carbocycles. The highest BCUT2D eigenvalue weighted by molar-refractivity contribution is 7.14. The molecular formula is C22H32N6OS. The van der Waals surface area contributed by atoms with E-state index >= 15 is 0 Å². The van der Waals surface area contributed by atoms with Crippen molar-refractivity contribution in [2.75, 3.05) is 32.0 Å². The van der Waals surface area contributed by atoms with E-state index in [1.165, 1.54) is 37.1 Å². The summed E-state index contributed by atoms with van der Waals surface area (Å²) in [7, 11) is 2.25. The summed E-state index contributed by atoms with van der Waals surface area (Å²) < 4.78 is 0. The van der Waals surface area contributed by atoms with Gasteiger partial charge in [-0.2, -0.15) is 0 Å². The molecule has 1 saturated heterocycles. The van der Waals surface area contributed by atoms with Crippen molar-refractivity contribution >= 4 is 28.7 Å². The highest BCUT2D eigenvalue weighted by Crippen LogP contribution is 2.23. The zero-order valence-corrected chi connectivity index (χ0v) is 18.9. The van der Waals surface area contributed by atoms with E-state index in [2.05, 4.69) is 51.4 Å². The Balaban J connectivity index is 0.000000216. The first-order valence-corrected chi connectivity index (χ1v) is 11.6. The van der Waals surface area contributed by atoms with Gasteiger partial charge in [0, 0.05) is 24.5 Å². The Morgan fingerprint density at radius 3 is 2.83 bits per heavy atom. The molecule has 1 atom stereocenters. The molecule has 0 amide bonds. The number of thiazole rings is 1. The normalized spacial score (nSPS) is 18.9. The number of carbonyl (C=O) groups excluding carboxylic acids is 1. The monoisotopic (exact) mass is 428 g/mol. The summed E-state index contributed by atoms with van der Waals surface area (Å²) in [6.07, 6.45) is 6.01. The molecule has 2 aliphatic heterocycles. The fourth-order valence-corrected chi connectivity index (χ4v) is 4.35. The summed E-state index contributed by atoms with van der Waals surface area (Å²) in [5.41, 5.74) is 1.85. The van der Waals surface area contributed by atoms with Gasteiger partial charge in [0.15, 0.2) is 17.4 Å². The van der Waals surface area contributed by atoms with Gasteiger partial charge in [0.1, 0.15) is 11.4 Å². The Morgan fingerprint density at radius 2 is 2.17 bits per heavy atom. The second kappa shape index (κ2) is 11.2. The molecular weight excluding hydrogens is 396 g/mol. The average Bonchev–Trinajstić information content (AvgIpc) is 3.38. The maximum atomic E-state index is 10.7. The topological polar surface area (TPSA) is 82.5 Å². The number of aliphatic imine (C=N–C) groups is 1. The van der Waals surface area contributed by atoms with Gasteiger partial charge in [-0.3, -0.25) is 9.79 Å². The number of pyridine rings is 1. The van der Waals surface area contributed by atoms with E-state index in [0.717, 1.165) is 54.5 Å². The molecule has 1 fully saturated rings. The van der Waals surface area contributed by atoms with Crippen LogP contribution in [0, 0.1) is 5.92 Å².